The predicted molar refractivity (Wildman–Crippen MR) is 111 cm³/mol. The van der Waals surface area contributed by atoms with Gasteiger partial charge in [0.05, 0.1) is 37.4 Å². The minimum Gasteiger partial charge on any atom is -0.497 e. The van der Waals surface area contributed by atoms with E-state index in [-0.39, 0.29) is 5.91 Å². The maximum absolute atomic E-state index is 12.7. The first-order valence-electron chi connectivity index (χ1n) is 8.52. The number of rotatable bonds is 6. The van der Waals surface area contributed by atoms with Crippen molar-refractivity contribution in [2.75, 3.05) is 24.9 Å². The number of nitrogens with one attached hydrogen (secondary N) is 2. The summed E-state index contributed by atoms with van der Waals surface area (Å²) in [5.74, 6) is 0.830. The standard InChI is InChI=1S/C21H20ClN3O3/c1-13-4-5-15(9-18(13)22)24-16-8-14(11-23-12-16)21(26)25-19-10-17(27-2)6-7-20(19)28-3/h4-12,24H,1-3H3,(H,25,26). The van der Waals surface area contributed by atoms with Gasteiger partial charge in [-0.25, -0.2) is 0 Å². The number of hydrogen-bond acceptors (Lipinski definition) is 5. The Labute approximate surface area is 168 Å². The summed E-state index contributed by atoms with van der Waals surface area (Å²) in [4.78, 5) is 16.8. The van der Waals surface area contributed by atoms with Gasteiger partial charge >= 0.3 is 0 Å². The van der Waals surface area contributed by atoms with Crippen LogP contribution in [0.2, 0.25) is 5.02 Å². The number of hydrogen-bond donors (Lipinski definition) is 2. The monoisotopic (exact) mass is 397 g/mol. The summed E-state index contributed by atoms with van der Waals surface area (Å²) in [5, 5.41) is 6.69. The van der Waals surface area contributed by atoms with E-state index in [4.69, 9.17) is 21.1 Å². The fraction of sp³-hybridized carbons (Fsp3) is 0.143. The minimum atomic E-state index is -0.315. The van der Waals surface area contributed by atoms with Gasteiger partial charge in [0.15, 0.2) is 0 Å². The molecule has 0 atom stereocenters. The summed E-state index contributed by atoms with van der Waals surface area (Å²) in [5.41, 5.74) is 3.38. The normalized spacial score (nSPS) is 10.3. The fourth-order valence-electron chi connectivity index (χ4n) is 2.58. The molecule has 7 heteroatoms. The van der Waals surface area contributed by atoms with Crippen molar-refractivity contribution in [3.05, 3.63) is 71.0 Å². The quantitative estimate of drug-likeness (QED) is 0.608. The molecule has 0 spiro atoms. The number of pyridine rings is 1. The molecule has 3 aromatic rings. The van der Waals surface area contributed by atoms with Gasteiger partial charge in [0.25, 0.3) is 5.91 Å². The van der Waals surface area contributed by atoms with Crippen molar-refractivity contribution in [3.8, 4) is 11.5 Å². The molecule has 0 aliphatic carbocycles. The molecular weight excluding hydrogens is 378 g/mol. The molecule has 3 rings (SSSR count). The Morgan fingerprint density at radius 1 is 1.00 bits per heavy atom. The minimum absolute atomic E-state index is 0.315. The lowest BCUT2D eigenvalue weighted by atomic mass is 10.2. The molecule has 0 aliphatic rings. The van der Waals surface area contributed by atoms with Gasteiger partial charge in [-0.15, -0.1) is 0 Å². The number of amides is 1. The molecule has 0 bridgehead atoms. The van der Waals surface area contributed by atoms with E-state index in [1.54, 1.807) is 37.6 Å². The Bertz CT molecular complexity index is 1010. The van der Waals surface area contributed by atoms with E-state index in [9.17, 15) is 4.79 Å². The van der Waals surface area contributed by atoms with Gasteiger partial charge in [-0.05, 0) is 42.8 Å². The number of nitrogens with zero attached hydrogens (tertiary/aromatic N) is 1. The molecule has 28 heavy (non-hydrogen) atoms. The first-order chi connectivity index (χ1) is 13.5. The van der Waals surface area contributed by atoms with Crippen molar-refractivity contribution in [1.29, 1.82) is 0 Å². The highest BCUT2D eigenvalue weighted by molar-refractivity contribution is 6.31. The topological polar surface area (TPSA) is 72.5 Å². The van der Waals surface area contributed by atoms with Gasteiger partial charge in [0, 0.05) is 23.0 Å². The highest BCUT2D eigenvalue weighted by atomic mass is 35.5. The lowest BCUT2D eigenvalue weighted by molar-refractivity contribution is 0.102. The van der Waals surface area contributed by atoms with E-state index >= 15 is 0 Å². The van der Waals surface area contributed by atoms with E-state index in [1.165, 1.54) is 13.3 Å². The van der Waals surface area contributed by atoms with Gasteiger partial charge in [-0.2, -0.15) is 0 Å². The van der Waals surface area contributed by atoms with Crippen molar-refractivity contribution < 1.29 is 14.3 Å². The van der Waals surface area contributed by atoms with E-state index in [0.717, 1.165) is 11.3 Å². The first-order valence-corrected chi connectivity index (χ1v) is 8.89. The maximum Gasteiger partial charge on any atom is 0.257 e. The molecule has 0 unspecified atom stereocenters. The highest BCUT2D eigenvalue weighted by Gasteiger charge is 2.12. The zero-order chi connectivity index (χ0) is 20.1. The second kappa shape index (κ2) is 8.63. The summed E-state index contributed by atoms with van der Waals surface area (Å²) in [6.07, 6.45) is 3.13. The number of aromatic nitrogens is 1. The van der Waals surface area contributed by atoms with Crippen LogP contribution in [0.3, 0.4) is 0 Å². The van der Waals surface area contributed by atoms with Gasteiger partial charge in [0.2, 0.25) is 0 Å². The molecule has 144 valence electrons. The Morgan fingerprint density at radius 2 is 1.82 bits per heavy atom. The third-order valence-corrected chi connectivity index (χ3v) is 4.52. The number of halogens is 1. The van der Waals surface area contributed by atoms with Crippen molar-refractivity contribution in [2.45, 2.75) is 6.92 Å². The molecule has 0 saturated heterocycles. The second-order valence-corrected chi connectivity index (χ2v) is 6.48. The molecule has 0 aliphatic heterocycles. The van der Waals surface area contributed by atoms with Crippen LogP contribution in [-0.4, -0.2) is 25.1 Å². The number of carbonyl (C=O) groups excluding carboxylic acids is 1. The first kappa shape index (κ1) is 19.5. The maximum atomic E-state index is 12.7. The second-order valence-electron chi connectivity index (χ2n) is 6.07. The number of aryl methyl sites for hydroxylation is 1. The lowest BCUT2D eigenvalue weighted by Crippen LogP contribution is -2.13. The van der Waals surface area contributed by atoms with E-state index in [2.05, 4.69) is 15.6 Å². The van der Waals surface area contributed by atoms with Gasteiger partial charge in [-0.1, -0.05) is 17.7 Å². The molecule has 0 fully saturated rings. The largest absolute Gasteiger partial charge is 0.497 e. The van der Waals surface area contributed by atoms with Gasteiger partial charge in [-0.3, -0.25) is 9.78 Å². The van der Waals surface area contributed by atoms with Crippen LogP contribution in [0, 0.1) is 6.92 Å². The molecule has 1 amide bonds. The molecule has 0 saturated carbocycles. The summed E-state index contributed by atoms with van der Waals surface area (Å²) in [6.45, 7) is 1.94. The number of carbonyl (C=O) groups is 1. The molecule has 2 aromatic carbocycles. The molecule has 1 aromatic heterocycles. The number of anilines is 3. The van der Waals surface area contributed by atoms with Crippen LogP contribution in [0.15, 0.2) is 54.9 Å². The lowest BCUT2D eigenvalue weighted by Gasteiger charge is -2.12. The zero-order valence-corrected chi connectivity index (χ0v) is 16.5. The van der Waals surface area contributed by atoms with Crippen molar-refractivity contribution in [3.63, 3.8) is 0 Å². The van der Waals surface area contributed by atoms with Crippen molar-refractivity contribution in [1.82, 2.24) is 4.98 Å². The smallest absolute Gasteiger partial charge is 0.257 e. The van der Waals surface area contributed by atoms with Crippen LogP contribution in [0.25, 0.3) is 0 Å². The Morgan fingerprint density at radius 3 is 2.54 bits per heavy atom. The van der Waals surface area contributed by atoms with Gasteiger partial charge < -0.3 is 20.1 Å². The average Bonchev–Trinajstić information content (AvgIpc) is 2.71. The molecule has 6 nitrogen and oxygen atoms in total. The highest BCUT2D eigenvalue weighted by Crippen LogP contribution is 2.29. The Balaban J connectivity index is 1.80. The van der Waals surface area contributed by atoms with Crippen molar-refractivity contribution >= 4 is 34.6 Å². The molecule has 1 heterocycles. The Hall–Kier alpha value is -3.25. The molecule has 2 N–H and O–H groups in total. The van der Waals surface area contributed by atoms with Crippen LogP contribution in [0.1, 0.15) is 15.9 Å². The fourth-order valence-corrected chi connectivity index (χ4v) is 2.76. The van der Waals surface area contributed by atoms with E-state index in [1.807, 2.05) is 25.1 Å². The van der Waals surface area contributed by atoms with Crippen LogP contribution < -0.4 is 20.1 Å². The average molecular weight is 398 g/mol. The molecule has 0 radical (unpaired) electrons. The van der Waals surface area contributed by atoms with Crippen LogP contribution in [0.4, 0.5) is 17.1 Å². The van der Waals surface area contributed by atoms with Crippen LogP contribution in [0.5, 0.6) is 11.5 Å². The third-order valence-electron chi connectivity index (χ3n) is 4.12. The van der Waals surface area contributed by atoms with Crippen LogP contribution in [-0.2, 0) is 0 Å². The summed E-state index contributed by atoms with van der Waals surface area (Å²) < 4.78 is 10.5. The third kappa shape index (κ3) is 4.53. The summed E-state index contributed by atoms with van der Waals surface area (Å²) >= 11 is 6.16. The van der Waals surface area contributed by atoms with Gasteiger partial charge in [0.1, 0.15) is 11.5 Å². The number of ether oxygens (including phenoxy) is 2. The molecular formula is C21H20ClN3O3. The SMILES string of the molecule is COc1ccc(OC)c(NC(=O)c2cncc(Nc3ccc(C)c(Cl)c3)c2)c1. The zero-order valence-electron chi connectivity index (χ0n) is 15.7. The van der Waals surface area contributed by atoms with Crippen molar-refractivity contribution in [2.24, 2.45) is 0 Å². The van der Waals surface area contributed by atoms with Crippen LogP contribution >= 0.6 is 11.6 Å². The summed E-state index contributed by atoms with van der Waals surface area (Å²) in [7, 11) is 3.10. The van der Waals surface area contributed by atoms with E-state index < -0.39 is 0 Å². The Kier molecular flexibility index (Phi) is 6.01. The van der Waals surface area contributed by atoms with E-state index in [0.29, 0.717) is 33.5 Å². The predicted octanol–water partition coefficient (Wildman–Crippen LogP) is 5.06. The summed E-state index contributed by atoms with van der Waals surface area (Å²) in [6, 6.07) is 12.5. The number of benzene rings is 2. The number of methoxy groups -OCH3 is 2.